The van der Waals surface area contributed by atoms with Crippen molar-refractivity contribution in [2.45, 2.75) is 67.2 Å². The topological polar surface area (TPSA) is 22.6 Å². The van der Waals surface area contributed by atoms with Gasteiger partial charge < -0.3 is 14.7 Å². The van der Waals surface area contributed by atoms with Crippen LogP contribution in [0.3, 0.4) is 0 Å². The lowest BCUT2D eigenvalue weighted by Gasteiger charge is -2.36. The summed E-state index contributed by atoms with van der Waals surface area (Å²) in [6.07, 6.45) is 12.8. The zero-order valence-corrected chi connectivity index (χ0v) is 19.5. The fourth-order valence-corrected chi connectivity index (χ4v) is 6.53. The Morgan fingerprint density at radius 1 is 0.806 bits per heavy atom. The molecule has 0 aliphatic carbocycles. The van der Waals surface area contributed by atoms with Crippen molar-refractivity contribution in [2.75, 3.05) is 44.2 Å². The van der Waals surface area contributed by atoms with Gasteiger partial charge in [0.15, 0.2) is 0 Å². The van der Waals surface area contributed by atoms with E-state index in [-0.39, 0.29) is 0 Å². The lowest BCUT2D eigenvalue weighted by atomic mass is 10.0. The van der Waals surface area contributed by atoms with Gasteiger partial charge in [-0.1, -0.05) is 36.7 Å². The first kappa shape index (κ1) is 21.3. The summed E-state index contributed by atoms with van der Waals surface area (Å²) in [5.41, 5.74) is 1.32. The number of rotatable bonds is 8. The van der Waals surface area contributed by atoms with Gasteiger partial charge in [0.2, 0.25) is 0 Å². The van der Waals surface area contributed by atoms with Crippen LogP contribution in [0.5, 0.6) is 0 Å². The highest BCUT2D eigenvalue weighted by Gasteiger charge is 2.26. The molecule has 0 bridgehead atoms. The van der Waals surface area contributed by atoms with Crippen LogP contribution in [-0.2, 0) is 0 Å². The smallest absolute Gasteiger partial charge is 0.147 e. The van der Waals surface area contributed by atoms with Gasteiger partial charge in [0.1, 0.15) is 5.82 Å². The fraction of sp³-hybridized carbons (Fsp3) is 0.577. The van der Waals surface area contributed by atoms with Crippen molar-refractivity contribution in [2.24, 2.45) is 0 Å². The Labute approximate surface area is 192 Å². The zero-order valence-electron chi connectivity index (χ0n) is 18.7. The molecule has 3 aliphatic heterocycles. The second kappa shape index (κ2) is 10.4. The normalized spacial score (nSPS) is 20.1. The van der Waals surface area contributed by atoms with Gasteiger partial charge >= 0.3 is 0 Å². The number of hydrogen-bond donors (Lipinski definition) is 0. The first-order valence-corrected chi connectivity index (χ1v) is 13.2. The quantitative estimate of drug-likeness (QED) is 0.486. The van der Waals surface area contributed by atoms with Gasteiger partial charge in [0, 0.05) is 23.7 Å². The van der Waals surface area contributed by atoms with E-state index < -0.39 is 0 Å². The van der Waals surface area contributed by atoms with Gasteiger partial charge in [-0.25, -0.2) is 4.98 Å². The molecule has 2 aromatic rings. The van der Waals surface area contributed by atoms with Crippen molar-refractivity contribution in [3.63, 3.8) is 0 Å². The number of likely N-dealkylation sites (tertiary alicyclic amines) is 2. The van der Waals surface area contributed by atoms with E-state index in [2.05, 4.69) is 45.0 Å². The van der Waals surface area contributed by atoms with E-state index >= 15 is 0 Å². The highest BCUT2D eigenvalue weighted by Crippen LogP contribution is 2.46. The maximum absolute atomic E-state index is 4.71. The number of pyridine rings is 1. The Bertz CT molecular complexity index is 797. The fourth-order valence-electron chi connectivity index (χ4n) is 5.46. The first-order valence-electron chi connectivity index (χ1n) is 12.3. The molecule has 3 aliphatic rings. The molecular formula is C26H36N4S. The summed E-state index contributed by atoms with van der Waals surface area (Å²) >= 11 is 1.84. The molecule has 4 nitrogen and oxygen atoms in total. The minimum Gasteiger partial charge on any atom is -0.324 e. The van der Waals surface area contributed by atoms with Crippen molar-refractivity contribution in [1.29, 1.82) is 0 Å². The number of nitrogens with zero attached hydrogens (tertiary/aromatic N) is 4. The van der Waals surface area contributed by atoms with Crippen molar-refractivity contribution >= 4 is 23.3 Å². The summed E-state index contributed by atoms with van der Waals surface area (Å²) in [7, 11) is 0. The second-order valence-corrected chi connectivity index (χ2v) is 10.4. The van der Waals surface area contributed by atoms with Gasteiger partial charge in [-0.05, 0) is 95.5 Å². The van der Waals surface area contributed by atoms with Gasteiger partial charge in [0.05, 0.1) is 10.6 Å². The maximum Gasteiger partial charge on any atom is 0.147 e. The van der Waals surface area contributed by atoms with Crippen molar-refractivity contribution in [1.82, 2.24) is 14.8 Å². The number of fused-ring (bicyclic) bond motifs is 2. The molecule has 2 saturated heterocycles. The summed E-state index contributed by atoms with van der Waals surface area (Å²) in [6, 6.07) is 13.9. The summed E-state index contributed by atoms with van der Waals surface area (Å²) in [4.78, 5) is 15.2. The first-order chi connectivity index (χ1) is 15.4. The Morgan fingerprint density at radius 3 is 2.39 bits per heavy atom. The van der Waals surface area contributed by atoms with Crippen LogP contribution in [0.1, 0.15) is 51.4 Å². The molecule has 5 heteroatoms. The highest BCUT2D eigenvalue weighted by atomic mass is 32.2. The average molecular weight is 437 g/mol. The number of aromatic nitrogens is 1. The van der Waals surface area contributed by atoms with E-state index in [0.29, 0.717) is 0 Å². The number of para-hydroxylation sites is 1. The average Bonchev–Trinajstić information content (AvgIpc) is 3.36. The summed E-state index contributed by atoms with van der Waals surface area (Å²) < 4.78 is 0. The van der Waals surface area contributed by atoms with Crippen LogP contribution in [0.25, 0.3) is 0 Å². The van der Waals surface area contributed by atoms with Gasteiger partial charge in [0.25, 0.3) is 0 Å². The molecule has 1 aromatic carbocycles. The number of piperidine rings is 1. The van der Waals surface area contributed by atoms with E-state index in [9.17, 15) is 0 Å². The zero-order chi connectivity index (χ0) is 20.9. The minimum atomic E-state index is 0.876. The minimum absolute atomic E-state index is 0.876. The number of benzene rings is 1. The lowest BCUT2D eigenvalue weighted by molar-refractivity contribution is 0.125. The second-order valence-electron chi connectivity index (χ2n) is 9.28. The van der Waals surface area contributed by atoms with E-state index in [4.69, 9.17) is 4.98 Å². The monoisotopic (exact) mass is 436 g/mol. The van der Waals surface area contributed by atoms with E-state index in [1.165, 1.54) is 99.6 Å². The Morgan fingerprint density at radius 2 is 1.55 bits per heavy atom. The predicted molar refractivity (Wildman–Crippen MR) is 131 cm³/mol. The molecule has 2 fully saturated rings. The number of unbranched alkanes of at least 4 members (excludes halogenated alkanes) is 3. The maximum atomic E-state index is 4.71. The molecule has 0 amide bonds. The Hall–Kier alpha value is -1.56. The van der Waals surface area contributed by atoms with Crippen LogP contribution >= 0.6 is 11.8 Å². The van der Waals surface area contributed by atoms with E-state index in [0.717, 1.165) is 18.4 Å². The summed E-state index contributed by atoms with van der Waals surface area (Å²) in [5.74, 6) is 1.13. The molecule has 0 atom stereocenters. The SMILES string of the molecule is c1ccc2c(c1)Sc1cccnc1N2CCCCCCN1CCC(N2CCCC2)CC1. The van der Waals surface area contributed by atoms with Crippen molar-refractivity contribution < 1.29 is 0 Å². The third-order valence-corrected chi connectivity index (χ3v) is 8.31. The molecule has 4 heterocycles. The van der Waals surface area contributed by atoms with Crippen LogP contribution in [0, 0.1) is 0 Å². The van der Waals surface area contributed by atoms with Gasteiger partial charge in [-0.3, -0.25) is 0 Å². The van der Waals surface area contributed by atoms with Crippen LogP contribution < -0.4 is 4.90 Å². The summed E-state index contributed by atoms with van der Waals surface area (Å²) in [5, 5.41) is 0. The van der Waals surface area contributed by atoms with E-state index in [1.54, 1.807) is 0 Å². The summed E-state index contributed by atoms with van der Waals surface area (Å²) in [6.45, 7) is 7.68. The predicted octanol–water partition coefficient (Wildman–Crippen LogP) is 5.80. The van der Waals surface area contributed by atoms with Gasteiger partial charge in [-0.15, -0.1) is 0 Å². The van der Waals surface area contributed by atoms with Crippen LogP contribution in [0.2, 0.25) is 0 Å². The molecule has 0 radical (unpaired) electrons. The lowest BCUT2D eigenvalue weighted by Crippen LogP contribution is -2.44. The molecule has 0 N–H and O–H groups in total. The molecule has 0 saturated carbocycles. The molecule has 31 heavy (non-hydrogen) atoms. The Kier molecular flexibility index (Phi) is 7.12. The third kappa shape index (κ3) is 5.10. The van der Waals surface area contributed by atoms with Crippen molar-refractivity contribution in [3.05, 3.63) is 42.6 Å². The molecule has 166 valence electrons. The Balaban J connectivity index is 1.04. The van der Waals surface area contributed by atoms with Crippen molar-refractivity contribution in [3.8, 4) is 0 Å². The molecule has 0 spiro atoms. The molecular weight excluding hydrogens is 400 g/mol. The van der Waals surface area contributed by atoms with Crippen LogP contribution in [0.4, 0.5) is 11.5 Å². The van der Waals surface area contributed by atoms with Gasteiger partial charge in [-0.2, -0.15) is 0 Å². The largest absolute Gasteiger partial charge is 0.324 e. The standard InChI is InChI=1S/C26H36N4S/c1(5-16-28-20-13-22(14-21-28)29-17-7-8-18-29)2-6-19-30-23-10-3-4-11-24(23)31-25-12-9-15-27-26(25)30/h3-4,9-12,15,22H,1-2,5-8,13-14,16-21H2. The molecule has 1 aromatic heterocycles. The van der Waals surface area contributed by atoms with Crippen LogP contribution in [-0.4, -0.2) is 60.1 Å². The number of anilines is 2. The molecule has 0 unspecified atom stereocenters. The molecule has 5 rings (SSSR count). The number of hydrogen-bond acceptors (Lipinski definition) is 5. The van der Waals surface area contributed by atoms with Crippen LogP contribution in [0.15, 0.2) is 52.4 Å². The highest BCUT2D eigenvalue weighted by molar-refractivity contribution is 7.99. The third-order valence-electron chi connectivity index (χ3n) is 7.20. The van der Waals surface area contributed by atoms with E-state index in [1.807, 2.05) is 24.0 Å².